The summed E-state index contributed by atoms with van der Waals surface area (Å²) in [4.78, 5) is 15.8. The van der Waals surface area contributed by atoms with Crippen LogP contribution in [0.2, 0.25) is 5.02 Å². The molecule has 0 saturated heterocycles. The molecule has 0 radical (unpaired) electrons. The van der Waals surface area contributed by atoms with Crippen molar-refractivity contribution in [2.75, 3.05) is 5.32 Å². The first-order chi connectivity index (χ1) is 11.1. The van der Waals surface area contributed by atoms with Gasteiger partial charge in [0.2, 0.25) is 5.91 Å². The van der Waals surface area contributed by atoms with Gasteiger partial charge in [-0.05, 0) is 60.9 Å². The van der Waals surface area contributed by atoms with Gasteiger partial charge < -0.3 is 10.3 Å². The lowest BCUT2D eigenvalue weighted by atomic mass is 9.94. The molecule has 1 heterocycles. The summed E-state index contributed by atoms with van der Waals surface area (Å²) in [5.74, 6) is -0.327. The van der Waals surface area contributed by atoms with Crippen LogP contribution >= 0.6 is 11.6 Å². The van der Waals surface area contributed by atoms with Crippen LogP contribution in [-0.4, -0.2) is 10.9 Å². The van der Waals surface area contributed by atoms with Gasteiger partial charge in [0.05, 0.1) is 5.41 Å². The van der Waals surface area contributed by atoms with Gasteiger partial charge in [0.15, 0.2) is 0 Å². The maximum absolute atomic E-state index is 13.3. The number of aromatic amines is 1. The summed E-state index contributed by atoms with van der Waals surface area (Å²) in [6.45, 7) is 0. The Hall–Kier alpha value is -2.33. The molecule has 0 atom stereocenters. The standard InChI is InChI=1S/C18H14ClFN2O/c19-11-1-4-13(5-2-11)22-17(23)18(7-8-18)15-10-21-16-9-12(20)3-6-14(15)16/h1-6,9-10,21H,7-8H2,(H,22,23). The number of H-pyrrole nitrogens is 1. The molecule has 1 fully saturated rings. The van der Waals surface area contributed by atoms with Crippen molar-refractivity contribution in [2.24, 2.45) is 0 Å². The van der Waals surface area contributed by atoms with Crippen LogP contribution in [0.5, 0.6) is 0 Å². The molecular formula is C18H14ClFN2O. The normalized spacial score (nSPS) is 15.6. The Morgan fingerprint density at radius 1 is 1.17 bits per heavy atom. The highest BCUT2D eigenvalue weighted by atomic mass is 35.5. The molecule has 23 heavy (non-hydrogen) atoms. The van der Waals surface area contributed by atoms with Gasteiger partial charge >= 0.3 is 0 Å². The number of carbonyl (C=O) groups is 1. The monoisotopic (exact) mass is 328 g/mol. The average Bonchev–Trinajstić information content (AvgIpc) is 3.24. The molecule has 1 amide bonds. The Morgan fingerprint density at radius 3 is 2.61 bits per heavy atom. The predicted octanol–water partition coefficient (Wildman–Crippen LogP) is 4.63. The van der Waals surface area contributed by atoms with Crippen molar-refractivity contribution >= 4 is 34.1 Å². The fourth-order valence-electron chi connectivity index (χ4n) is 3.02. The van der Waals surface area contributed by atoms with E-state index in [1.165, 1.54) is 12.1 Å². The fraction of sp³-hybridized carbons (Fsp3) is 0.167. The van der Waals surface area contributed by atoms with Crippen molar-refractivity contribution in [3.63, 3.8) is 0 Å². The third-order valence-electron chi connectivity index (χ3n) is 4.45. The number of hydrogen-bond donors (Lipinski definition) is 2. The van der Waals surface area contributed by atoms with Gasteiger partial charge in [-0.2, -0.15) is 0 Å². The number of benzene rings is 2. The van der Waals surface area contributed by atoms with Gasteiger partial charge in [-0.1, -0.05) is 11.6 Å². The molecule has 0 spiro atoms. The van der Waals surface area contributed by atoms with E-state index in [1.807, 2.05) is 6.20 Å². The summed E-state index contributed by atoms with van der Waals surface area (Å²) in [6, 6.07) is 11.6. The highest BCUT2D eigenvalue weighted by molar-refractivity contribution is 6.30. The van der Waals surface area contributed by atoms with Crippen molar-refractivity contribution in [2.45, 2.75) is 18.3 Å². The number of rotatable bonds is 3. The summed E-state index contributed by atoms with van der Waals surface area (Å²) in [6.07, 6.45) is 3.39. The van der Waals surface area contributed by atoms with E-state index in [0.717, 1.165) is 29.5 Å². The van der Waals surface area contributed by atoms with Crippen LogP contribution in [0, 0.1) is 5.82 Å². The summed E-state index contributed by atoms with van der Waals surface area (Å²) in [7, 11) is 0. The maximum atomic E-state index is 13.3. The minimum Gasteiger partial charge on any atom is -0.361 e. The first-order valence-electron chi connectivity index (χ1n) is 7.43. The number of hydrogen-bond acceptors (Lipinski definition) is 1. The number of aromatic nitrogens is 1. The van der Waals surface area contributed by atoms with Crippen molar-refractivity contribution in [1.82, 2.24) is 4.98 Å². The van der Waals surface area contributed by atoms with Crippen molar-refractivity contribution in [3.8, 4) is 0 Å². The second kappa shape index (κ2) is 5.10. The number of fused-ring (bicyclic) bond motifs is 1. The number of carbonyl (C=O) groups excluding carboxylic acids is 1. The third-order valence-corrected chi connectivity index (χ3v) is 4.70. The lowest BCUT2D eigenvalue weighted by Crippen LogP contribution is -2.27. The van der Waals surface area contributed by atoms with E-state index in [2.05, 4.69) is 10.3 Å². The lowest BCUT2D eigenvalue weighted by molar-refractivity contribution is -0.118. The highest BCUT2D eigenvalue weighted by Crippen LogP contribution is 2.51. The van der Waals surface area contributed by atoms with Crippen molar-refractivity contribution in [3.05, 3.63) is 65.1 Å². The van der Waals surface area contributed by atoms with E-state index in [-0.39, 0.29) is 11.7 Å². The quantitative estimate of drug-likeness (QED) is 0.723. The van der Waals surface area contributed by atoms with Gasteiger partial charge in [0.25, 0.3) is 0 Å². The molecule has 0 bridgehead atoms. The predicted molar refractivity (Wildman–Crippen MR) is 89.3 cm³/mol. The van der Waals surface area contributed by atoms with Gasteiger partial charge in [0.1, 0.15) is 5.82 Å². The number of halogens is 2. The Kier molecular flexibility index (Phi) is 3.16. The van der Waals surface area contributed by atoms with E-state index in [0.29, 0.717) is 10.5 Å². The highest BCUT2D eigenvalue weighted by Gasteiger charge is 2.52. The molecule has 1 aliphatic carbocycles. The summed E-state index contributed by atoms with van der Waals surface area (Å²) < 4.78 is 13.3. The van der Waals surface area contributed by atoms with Gasteiger partial charge in [-0.15, -0.1) is 0 Å². The fourth-order valence-corrected chi connectivity index (χ4v) is 3.15. The largest absolute Gasteiger partial charge is 0.361 e. The number of nitrogens with one attached hydrogen (secondary N) is 2. The molecular weight excluding hydrogens is 315 g/mol. The molecule has 116 valence electrons. The summed E-state index contributed by atoms with van der Waals surface area (Å²) in [5.41, 5.74) is 1.83. The second-order valence-electron chi connectivity index (χ2n) is 5.94. The molecule has 4 rings (SSSR count). The first kappa shape index (κ1) is 14.3. The van der Waals surface area contributed by atoms with Crippen LogP contribution in [0.3, 0.4) is 0 Å². The molecule has 0 aliphatic heterocycles. The van der Waals surface area contributed by atoms with Gasteiger partial charge in [0, 0.05) is 27.8 Å². The Morgan fingerprint density at radius 2 is 1.91 bits per heavy atom. The molecule has 5 heteroatoms. The first-order valence-corrected chi connectivity index (χ1v) is 7.80. The smallest absolute Gasteiger partial charge is 0.235 e. The van der Waals surface area contributed by atoms with Crippen LogP contribution in [0.25, 0.3) is 10.9 Å². The van der Waals surface area contributed by atoms with E-state index in [1.54, 1.807) is 30.3 Å². The zero-order chi connectivity index (χ0) is 16.0. The van der Waals surface area contributed by atoms with Gasteiger partial charge in [-0.3, -0.25) is 4.79 Å². The molecule has 1 aliphatic rings. The SMILES string of the molecule is O=C(Nc1ccc(Cl)cc1)C1(c2c[nH]c3cc(F)ccc23)CC1. The molecule has 2 aromatic carbocycles. The molecule has 3 aromatic rings. The molecule has 0 unspecified atom stereocenters. The third kappa shape index (κ3) is 2.39. The average molecular weight is 329 g/mol. The van der Waals surface area contributed by atoms with E-state index in [9.17, 15) is 9.18 Å². The van der Waals surface area contributed by atoms with Crippen LogP contribution in [0.15, 0.2) is 48.7 Å². The Labute approximate surface area is 137 Å². The topological polar surface area (TPSA) is 44.9 Å². The lowest BCUT2D eigenvalue weighted by Gasteiger charge is -2.15. The van der Waals surface area contributed by atoms with E-state index in [4.69, 9.17) is 11.6 Å². The van der Waals surface area contributed by atoms with Crippen LogP contribution in [0.4, 0.5) is 10.1 Å². The Bertz CT molecular complexity index is 897. The second-order valence-corrected chi connectivity index (χ2v) is 6.37. The Balaban J connectivity index is 1.66. The summed E-state index contributed by atoms with van der Waals surface area (Å²) in [5, 5.41) is 4.48. The summed E-state index contributed by atoms with van der Waals surface area (Å²) >= 11 is 5.86. The zero-order valence-corrected chi connectivity index (χ0v) is 13.0. The van der Waals surface area contributed by atoms with Crippen LogP contribution in [0.1, 0.15) is 18.4 Å². The minimum absolute atomic E-state index is 0.0370. The van der Waals surface area contributed by atoms with Crippen LogP contribution in [-0.2, 0) is 10.2 Å². The van der Waals surface area contributed by atoms with E-state index >= 15 is 0 Å². The molecule has 3 nitrogen and oxygen atoms in total. The van der Waals surface area contributed by atoms with Crippen molar-refractivity contribution < 1.29 is 9.18 Å². The van der Waals surface area contributed by atoms with Gasteiger partial charge in [-0.25, -0.2) is 4.39 Å². The van der Waals surface area contributed by atoms with Crippen LogP contribution < -0.4 is 5.32 Å². The van der Waals surface area contributed by atoms with Crippen molar-refractivity contribution in [1.29, 1.82) is 0 Å². The van der Waals surface area contributed by atoms with E-state index < -0.39 is 5.41 Å². The number of anilines is 1. The maximum Gasteiger partial charge on any atom is 0.235 e. The molecule has 1 aromatic heterocycles. The number of amides is 1. The minimum atomic E-state index is -0.532. The molecule has 2 N–H and O–H groups in total. The zero-order valence-electron chi connectivity index (χ0n) is 12.2. The molecule has 1 saturated carbocycles.